The van der Waals surface area contributed by atoms with Crippen LogP contribution in [0.15, 0.2) is 52.2 Å². The third-order valence-corrected chi connectivity index (χ3v) is 7.76. The number of hydrogen-bond acceptors (Lipinski definition) is 5. The minimum Gasteiger partial charge on any atom is -0.454 e. The van der Waals surface area contributed by atoms with Crippen LogP contribution >= 0.6 is 23.4 Å². The van der Waals surface area contributed by atoms with E-state index >= 15 is 0 Å². The van der Waals surface area contributed by atoms with Crippen molar-refractivity contribution in [1.29, 1.82) is 0 Å². The molecule has 1 fully saturated rings. The van der Waals surface area contributed by atoms with Crippen molar-refractivity contribution in [1.82, 2.24) is 9.88 Å². The number of carbonyl (C=O) groups is 1. The first-order valence-electron chi connectivity index (χ1n) is 10.9. The number of nitrogens with zero attached hydrogens (tertiary/aromatic N) is 1. The molecule has 2 aromatic carbocycles. The number of aromatic nitrogens is 1. The first kappa shape index (κ1) is 20.7. The smallest absolute Gasteiger partial charge is 0.257 e. The molecule has 6 nitrogen and oxygen atoms in total. The first-order chi connectivity index (χ1) is 16.0. The summed E-state index contributed by atoms with van der Waals surface area (Å²) in [5, 5.41) is 3.59. The number of nitrogens with one attached hydrogen (secondary N) is 1. The Morgan fingerprint density at radius 2 is 1.94 bits per heavy atom. The van der Waals surface area contributed by atoms with E-state index in [0.717, 1.165) is 46.1 Å². The minimum absolute atomic E-state index is 0.0564. The average molecular weight is 481 g/mol. The molecule has 2 aliphatic heterocycles. The molecule has 0 saturated heterocycles. The molecule has 1 aliphatic carbocycles. The number of rotatable bonds is 3. The minimum atomic E-state index is -0.293. The average Bonchev–Trinajstić information content (AvgIpc) is 3.49. The third kappa shape index (κ3) is 3.69. The van der Waals surface area contributed by atoms with Crippen molar-refractivity contribution in [3.63, 3.8) is 0 Å². The Kier molecular flexibility index (Phi) is 4.92. The van der Waals surface area contributed by atoms with Gasteiger partial charge in [-0.1, -0.05) is 17.7 Å². The third-order valence-electron chi connectivity index (χ3n) is 6.22. The Balaban J connectivity index is 1.55. The summed E-state index contributed by atoms with van der Waals surface area (Å²) in [6, 6.07) is 13.4. The van der Waals surface area contributed by atoms with E-state index < -0.39 is 0 Å². The summed E-state index contributed by atoms with van der Waals surface area (Å²) in [5.41, 5.74) is 3.43. The van der Waals surface area contributed by atoms with Gasteiger partial charge in [0.2, 0.25) is 6.79 Å². The maximum absolute atomic E-state index is 13.2. The van der Waals surface area contributed by atoms with E-state index in [0.29, 0.717) is 17.2 Å². The van der Waals surface area contributed by atoms with Crippen LogP contribution in [-0.2, 0) is 6.42 Å². The predicted octanol–water partition coefficient (Wildman–Crippen LogP) is 4.81. The molecule has 1 unspecified atom stereocenters. The van der Waals surface area contributed by atoms with Gasteiger partial charge >= 0.3 is 0 Å². The van der Waals surface area contributed by atoms with Gasteiger partial charge in [-0.3, -0.25) is 9.59 Å². The van der Waals surface area contributed by atoms with Crippen LogP contribution in [0.5, 0.6) is 11.5 Å². The fourth-order valence-electron chi connectivity index (χ4n) is 4.49. The monoisotopic (exact) mass is 480 g/mol. The molecule has 0 spiro atoms. The molecule has 6 rings (SSSR count). The number of thioether (sulfide) groups is 1. The van der Waals surface area contributed by atoms with E-state index in [1.165, 1.54) is 0 Å². The van der Waals surface area contributed by atoms with Crippen molar-refractivity contribution in [3.05, 3.63) is 80.2 Å². The van der Waals surface area contributed by atoms with Gasteiger partial charge in [-0.15, -0.1) is 11.8 Å². The largest absolute Gasteiger partial charge is 0.454 e. The normalized spacial score (nSPS) is 18.3. The summed E-state index contributed by atoms with van der Waals surface area (Å²) in [4.78, 5) is 27.3. The number of amides is 1. The standard InChI is InChI=1S/C25H21ClN2O4S/c1-13-8-19(29)24(25(30)27-16-4-5-16)18-11-22(14-2-7-20-21(9-14)32-12-31-20)33-23-10-15(26)3-6-17(23)28(13)18/h2-3,6-10,16,22H,4-5,11-12H2,1H3,(H,27,30). The zero-order valence-electron chi connectivity index (χ0n) is 17.9. The molecule has 0 radical (unpaired) electrons. The van der Waals surface area contributed by atoms with Gasteiger partial charge in [-0.05, 0) is 55.7 Å². The van der Waals surface area contributed by atoms with Gasteiger partial charge in [0.25, 0.3) is 5.91 Å². The molecular weight excluding hydrogens is 460 g/mol. The van der Waals surface area contributed by atoms with Gasteiger partial charge in [-0.25, -0.2) is 0 Å². The number of fused-ring (bicyclic) bond motifs is 4. The highest BCUT2D eigenvalue weighted by Gasteiger charge is 2.32. The SMILES string of the molecule is Cc1cc(=O)c(C(=O)NC2CC2)c2n1-c1ccc(Cl)cc1SC(c1ccc3c(c1)OCO3)C2. The van der Waals surface area contributed by atoms with Crippen molar-refractivity contribution in [2.24, 2.45) is 0 Å². The Morgan fingerprint density at radius 3 is 2.76 bits per heavy atom. The quantitative estimate of drug-likeness (QED) is 0.582. The zero-order chi connectivity index (χ0) is 22.7. The molecular formula is C25H21ClN2O4S. The van der Waals surface area contributed by atoms with Crippen LogP contribution in [-0.4, -0.2) is 23.3 Å². The maximum atomic E-state index is 13.2. The van der Waals surface area contributed by atoms with E-state index in [9.17, 15) is 9.59 Å². The molecule has 1 atom stereocenters. The lowest BCUT2D eigenvalue weighted by molar-refractivity contribution is 0.0948. The summed E-state index contributed by atoms with van der Waals surface area (Å²) in [6.07, 6.45) is 2.41. The Morgan fingerprint density at radius 1 is 1.12 bits per heavy atom. The van der Waals surface area contributed by atoms with Gasteiger partial charge in [0, 0.05) is 45.1 Å². The summed E-state index contributed by atoms with van der Waals surface area (Å²) < 4.78 is 13.1. The second-order valence-corrected chi connectivity index (χ2v) is 10.3. The van der Waals surface area contributed by atoms with E-state index in [2.05, 4.69) is 5.32 Å². The van der Waals surface area contributed by atoms with Crippen LogP contribution in [0.3, 0.4) is 0 Å². The summed E-state index contributed by atoms with van der Waals surface area (Å²) in [6.45, 7) is 2.11. The molecule has 3 aliphatic rings. The number of hydrogen-bond donors (Lipinski definition) is 1. The Bertz CT molecular complexity index is 1370. The Labute approximate surface area is 199 Å². The molecule has 33 heavy (non-hydrogen) atoms. The van der Waals surface area contributed by atoms with Crippen molar-refractivity contribution < 1.29 is 14.3 Å². The fourth-order valence-corrected chi connectivity index (χ4v) is 6.03. The van der Waals surface area contributed by atoms with Crippen molar-refractivity contribution in [2.75, 3.05) is 6.79 Å². The second-order valence-electron chi connectivity index (χ2n) is 8.59. The number of carbonyl (C=O) groups excluding carboxylic acids is 1. The van der Waals surface area contributed by atoms with Crippen LogP contribution < -0.4 is 20.2 Å². The number of ether oxygens (including phenoxy) is 2. The molecule has 168 valence electrons. The lowest BCUT2D eigenvalue weighted by Gasteiger charge is -2.20. The van der Waals surface area contributed by atoms with Gasteiger partial charge in [0.05, 0.1) is 5.69 Å². The molecule has 3 heterocycles. The molecule has 1 N–H and O–H groups in total. The van der Waals surface area contributed by atoms with E-state index in [1.54, 1.807) is 17.8 Å². The van der Waals surface area contributed by atoms with Gasteiger partial charge < -0.3 is 19.4 Å². The summed E-state index contributed by atoms with van der Waals surface area (Å²) in [5.74, 6) is 1.13. The number of pyridine rings is 1. The summed E-state index contributed by atoms with van der Waals surface area (Å²) >= 11 is 8.04. The highest BCUT2D eigenvalue weighted by atomic mass is 35.5. The van der Waals surface area contributed by atoms with Crippen LogP contribution in [0, 0.1) is 6.92 Å². The number of halogens is 1. The van der Waals surface area contributed by atoms with Crippen LogP contribution in [0.2, 0.25) is 5.02 Å². The van der Waals surface area contributed by atoms with Gasteiger partial charge in [-0.2, -0.15) is 0 Å². The second kappa shape index (κ2) is 7.85. The van der Waals surface area contributed by atoms with Crippen molar-refractivity contribution in [2.45, 2.75) is 42.4 Å². The lowest BCUT2D eigenvalue weighted by atomic mass is 10.0. The van der Waals surface area contributed by atoms with E-state index in [4.69, 9.17) is 21.1 Å². The molecule has 1 saturated carbocycles. The predicted molar refractivity (Wildman–Crippen MR) is 127 cm³/mol. The molecule has 1 amide bonds. The number of benzene rings is 2. The van der Waals surface area contributed by atoms with E-state index in [1.807, 2.05) is 47.9 Å². The van der Waals surface area contributed by atoms with Crippen LogP contribution in [0.1, 0.15) is 45.4 Å². The highest BCUT2D eigenvalue weighted by molar-refractivity contribution is 7.99. The molecule has 3 aromatic rings. The van der Waals surface area contributed by atoms with Crippen molar-refractivity contribution >= 4 is 29.3 Å². The van der Waals surface area contributed by atoms with Gasteiger partial charge in [0.1, 0.15) is 5.56 Å². The van der Waals surface area contributed by atoms with Crippen LogP contribution in [0.25, 0.3) is 5.69 Å². The lowest BCUT2D eigenvalue weighted by Crippen LogP contribution is -2.33. The van der Waals surface area contributed by atoms with E-state index in [-0.39, 0.29) is 35.0 Å². The molecule has 8 heteroatoms. The molecule has 0 bridgehead atoms. The maximum Gasteiger partial charge on any atom is 0.257 e. The Hall–Kier alpha value is -2.90. The highest BCUT2D eigenvalue weighted by Crippen LogP contribution is 2.47. The fraction of sp³-hybridized carbons (Fsp3) is 0.280. The van der Waals surface area contributed by atoms with Crippen LogP contribution in [0.4, 0.5) is 0 Å². The summed E-state index contributed by atoms with van der Waals surface area (Å²) in [7, 11) is 0. The first-order valence-corrected chi connectivity index (χ1v) is 12.2. The zero-order valence-corrected chi connectivity index (χ0v) is 19.5. The van der Waals surface area contributed by atoms with Gasteiger partial charge in [0.15, 0.2) is 16.9 Å². The van der Waals surface area contributed by atoms with Crippen molar-refractivity contribution in [3.8, 4) is 17.2 Å². The number of aryl methyl sites for hydroxylation is 1. The topological polar surface area (TPSA) is 69.6 Å². The molecule has 1 aromatic heterocycles.